The summed E-state index contributed by atoms with van der Waals surface area (Å²) < 4.78 is 17.9. The average molecular weight is 510 g/mol. The van der Waals surface area contributed by atoms with Gasteiger partial charge in [0, 0.05) is 6.54 Å². The van der Waals surface area contributed by atoms with Crippen molar-refractivity contribution in [2.45, 2.75) is 40.3 Å². The number of fused-ring (bicyclic) bond motifs is 2. The Hall–Kier alpha value is -4.32. The number of hydrogen-bond acceptors (Lipinski definition) is 5. The Kier molecular flexibility index (Phi) is 6.81. The molecule has 0 bridgehead atoms. The molecule has 6 heteroatoms. The van der Waals surface area contributed by atoms with Gasteiger partial charge >= 0.3 is 0 Å². The zero-order valence-electron chi connectivity index (χ0n) is 22.2. The minimum absolute atomic E-state index is 0.0922. The van der Waals surface area contributed by atoms with Crippen LogP contribution in [0.1, 0.15) is 56.9 Å². The molecule has 0 N–H and O–H groups in total. The molecule has 194 valence electrons. The maximum atomic E-state index is 14.0. The van der Waals surface area contributed by atoms with Gasteiger partial charge in [0.25, 0.3) is 5.91 Å². The monoisotopic (exact) mass is 509 g/mol. The molecular formula is C32H31NO5. The standard InChI is InChI=1S/C32H31NO5/c1-6-14-37-24-13-12-23(17-25(24)36-7-2)29-28-30(34)27-21(5)15-20(4)16-26(27)38-31(28)32(35)33(29)18-22-10-8-19(3)9-11-22/h6,8-13,15-17,29H,1,7,14,18H2,2-5H3. The van der Waals surface area contributed by atoms with Gasteiger partial charge in [-0.2, -0.15) is 0 Å². The van der Waals surface area contributed by atoms with Gasteiger partial charge in [-0.1, -0.05) is 54.6 Å². The topological polar surface area (TPSA) is 69.0 Å². The van der Waals surface area contributed by atoms with Crippen LogP contribution in [0.2, 0.25) is 0 Å². The highest BCUT2D eigenvalue weighted by Gasteiger charge is 2.43. The van der Waals surface area contributed by atoms with Crippen molar-refractivity contribution in [3.63, 3.8) is 0 Å². The summed E-state index contributed by atoms with van der Waals surface area (Å²) in [4.78, 5) is 29.6. The highest BCUT2D eigenvalue weighted by Crippen LogP contribution is 2.42. The van der Waals surface area contributed by atoms with Crippen molar-refractivity contribution in [2.75, 3.05) is 13.2 Å². The number of hydrogen-bond donors (Lipinski definition) is 0. The minimum Gasteiger partial charge on any atom is -0.490 e. The van der Waals surface area contributed by atoms with Gasteiger partial charge in [-0.3, -0.25) is 9.59 Å². The van der Waals surface area contributed by atoms with Crippen LogP contribution in [0.4, 0.5) is 0 Å². The summed E-state index contributed by atoms with van der Waals surface area (Å²) in [6.07, 6.45) is 1.67. The molecule has 1 aliphatic heterocycles. The van der Waals surface area contributed by atoms with Gasteiger partial charge in [-0.05, 0) is 68.1 Å². The van der Waals surface area contributed by atoms with Crippen molar-refractivity contribution in [1.29, 1.82) is 0 Å². The Morgan fingerprint density at radius 2 is 1.71 bits per heavy atom. The van der Waals surface area contributed by atoms with Crippen molar-refractivity contribution < 1.29 is 18.7 Å². The third-order valence-corrected chi connectivity index (χ3v) is 6.83. The number of nitrogens with zero attached hydrogens (tertiary/aromatic N) is 1. The van der Waals surface area contributed by atoms with E-state index in [0.717, 1.165) is 27.8 Å². The van der Waals surface area contributed by atoms with E-state index in [1.165, 1.54) is 0 Å². The van der Waals surface area contributed by atoms with E-state index in [2.05, 4.69) is 6.58 Å². The fourth-order valence-electron chi connectivity index (χ4n) is 5.14. The van der Waals surface area contributed by atoms with Crippen molar-refractivity contribution in [1.82, 2.24) is 4.90 Å². The van der Waals surface area contributed by atoms with Crippen LogP contribution in [-0.4, -0.2) is 24.0 Å². The van der Waals surface area contributed by atoms with E-state index in [1.807, 2.05) is 82.3 Å². The smallest absolute Gasteiger partial charge is 0.291 e. The number of carbonyl (C=O) groups is 1. The Bertz CT molecular complexity index is 1600. The van der Waals surface area contributed by atoms with Gasteiger partial charge < -0.3 is 18.8 Å². The first kappa shape index (κ1) is 25.3. The number of amides is 1. The fraction of sp³-hybridized carbons (Fsp3) is 0.250. The maximum absolute atomic E-state index is 14.0. The van der Waals surface area contributed by atoms with Gasteiger partial charge in [0.15, 0.2) is 16.9 Å². The molecule has 0 spiro atoms. The summed E-state index contributed by atoms with van der Waals surface area (Å²) >= 11 is 0. The number of benzene rings is 3. The van der Waals surface area contributed by atoms with Gasteiger partial charge in [-0.15, -0.1) is 0 Å². The zero-order valence-corrected chi connectivity index (χ0v) is 22.2. The molecule has 4 aromatic rings. The van der Waals surface area contributed by atoms with Crippen molar-refractivity contribution in [2.24, 2.45) is 0 Å². The highest BCUT2D eigenvalue weighted by molar-refractivity contribution is 5.99. The highest BCUT2D eigenvalue weighted by atomic mass is 16.5. The molecule has 1 unspecified atom stereocenters. The second kappa shape index (κ2) is 10.2. The summed E-state index contributed by atoms with van der Waals surface area (Å²) in [5.74, 6) is 0.894. The van der Waals surface area contributed by atoms with Crippen LogP contribution in [0.3, 0.4) is 0 Å². The van der Waals surface area contributed by atoms with Gasteiger partial charge in [0.2, 0.25) is 5.76 Å². The minimum atomic E-state index is -0.646. The molecule has 1 aliphatic rings. The quantitative estimate of drug-likeness (QED) is 0.256. The van der Waals surface area contributed by atoms with Crippen LogP contribution in [0.25, 0.3) is 11.0 Å². The Morgan fingerprint density at radius 3 is 2.42 bits per heavy atom. The van der Waals surface area contributed by atoms with Crippen molar-refractivity contribution in [3.05, 3.63) is 117 Å². The average Bonchev–Trinajstić information content (AvgIpc) is 3.16. The second-order valence-electron chi connectivity index (χ2n) is 9.69. The van der Waals surface area contributed by atoms with Gasteiger partial charge in [0.05, 0.1) is 23.6 Å². The Morgan fingerprint density at radius 1 is 0.947 bits per heavy atom. The summed E-state index contributed by atoms with van der Waals surface area (Å²) in [5, 5.41) is 0.500. The molecule has 0 saturated heterocycles. The lowest BCUT2D eigenvalue weighted by Crippen LogP contribution is -2.29. The summed E-state index contributed by atoms with van der Waals surface area (Å²) in [6, 6.07) is 16.7. The van der Waals surface area contributed by atoms with Crippen LogP contribution in [0, 0.1) is 20.8 Å². The molecule has 0 aliphatic carbocycles. The van der Waals surface area contributed by atoms with E-state index in [4.69, 9.17) is 13.9 Å². The zero-order chi connectivity index (χ0) is 27.0. The molecule has 0 saturated carbocycles. The number of aryl methyl sites for hydroxylation is 3. The Labute approximate surface area is 222 Å². The van der Waals surface area contributed by atoms with Crippen LogP contribution in [-0.2, 0) is 6.54 Å². The maximum Gasteiger partial charge on any atom is 0.291 e. The molecule has 3 aromatic carbocycles. The van der Waals surface area contributed by atoms with Crippen LogP contribution >= 0.6 is 0 Å². The van der Waals surface area contributed by atoms with Crippen LogP contribution < -0.4 is 14.9 Å². The first-order valence-corrected chi connectivity index (χ1v) is 12.8. The van der Waals surface area contributed by atoms with E-state index in [1.54, 1.807) is 11.0 Å². The summed E-state index contributed by atoms with van der Waals surface area (Å²) in [5.41, 5.74) is 5.22. The van der Waals surface area contributed by atoms with E-state index < -0.39 is 6.04 Å². The molecule has 1 amide bonds. The Balaban J connectivity index is 1.72. The lowest BCUT2D eigenvalue weighted by atomic mass is 9.96. The summed E-state index contributed by atoms with van der Waals surface area (Å²) in [7, 11) is 0. The number of ether oxygens (including phenoxy) is 2. The molecule has 1 atom stereocenters. The molecule has 6 nitrogen and oxygen atoms in total. The van der Waals surface area contributed by atoms with E-state index in [-0.39, 0.29) is 17.1 Å². The molecular weight excluding hydrogens is 478 g/mol. The molecule has 2 heterocycles. The predicted octanol–water partition coefficient (Wildman–Crippen LogP) is 6.43. The van der Waals surface area contributed by atoms with Gasteiger partial charge in [0.1, 0.15) is 12.2 Å². The summed E-state index contributed by atoms with van der Waals surface area (Å²) in [6.45, 7) is 12.6. The molecule has 0 fully saturated rings. The largest absolute Gasteiger partial charge is 0.490 e. The van der Waals surface area contributed by atoms with Crippen LogP contribution in [0.5, 0.6) is 11.5 Å². The van der Waals surface area contributed by atoms with Crippen molar-refractivity contribution >= 4 is 16.9 Å². The third-order valence-electron chi connectivity index (χ3n) is 6.83. The first-order valence-electron chi connectivity index (χ1n) is 12.8. The van der Waals surface area contributed by atoms with E-state index in [9.17, 15) is 9.59 Å². The van der Waals surface area contributed by atoms with E-state index >= 15 is 0 Å². The number of rotatable bonds is 8. The lowest BCUT2D eigenvalue weighted by Gasteiger charge is -2.26. The van der Waals surface area contributed by atoms with Crippen LogP contribution in [0.15, 0.2) is 76.5 Å². The third kappa shape index (κ3) is 4.47. The first-order chi connectivity index (χ1) is 18.3. The number of carbonyl (C=O) groups excluding carboxylic acids is 1. The van der Waals surface area contributed by atoms with Gasteiger partial charge in [-0.25, -0.2) is 0 Å². The molecule has 5 rings (SSSR count). The molecule has 0 radical (unpaired) electrons. The fourth-order valence-corrected chi connectivity index (χ4v) is 5.14. The predicted molar refractivity (Wildman–Crippen MR) is 148 cm³/mol. The SMILES string of the molecule is C=CCOc1ccc(C2c3c(oc4cc(C)cc(C)c4c3=O)C(=O)N2Cc2ccc(C)cc2)cc1OCC. The lowest BCUT2D eigenvalue weighted by molar-refractivity contribution is 0.0714. The normalized spacial score (nSPS) is 14.6. The van der Waals surface area contributed by atoms with E-state index in [0.29, 0.717) is 47.8 Å². The second-order valence-corrected chi connectivity index (χ2v) is 9.69. The van der Waals surface area contributed by atoms with Crippen molar-refractivity contribution in [3.8, 4) is 11.5 Å². The molecule has 1 aromatic heterocycles. The molecule has 38 heavy (non-hydrogen) atoms.